The molecule has 1 aliphatic heterocycles. The van der Waals surface area contributed by atoms with Crippen LogP contribution in [0.3, 0.4) is 0 Å². The summed E-state index contributed by atoms with van der Waals surface area (Å²) in [4.78, 5) is 0. The number of rotatable bonds is 2. The van der Waals surface area contributed by atoms with Crippen LogP contribution < -0.4 is 0 Å². The molecule has 0 aliphatic carbocycles. The van der Waals surface area contributed by atoms with Crippen LogP contribution in [-0.4, -0.2) is 30.2 Å². The van der Waals surface area contributed by atoms with Crippen molar-refractivity contribution in [2.75, 3.05) is 25.6 Å². The maximum atomic E-state index is 11.1. The van der Waals surface area contributed by atoms with Crippen LogP contribution in [0.5, 0.6) is 0 Å². The number of alkyl halides is 1. The largest absolute Gasteiger partial charge is 0.363 e. The minimum Gasteiger partial charge on any atom is -0.305 e. The summed E-state index contributed by atoms with van der Waals surface area (Å²) in [6, 6.07) is 0. The van der Waals surface area contributed by atoms with Crippen molar-refractivity contribution in [1.29, 1.82) is 0 Å². The summed E-state index contributed by atoms with van der Waals surface area (Å²) in [5.74, 6) is 0.431. The van der Waals surface area contributed by atoms with Crippen LogP contribution >= 0.6 is 29.7 Å². The zero-order valence-corrected chi connectivity index (χ0v) is 7.70. The maximum absolute atomic E-state index is 11.1. The number of nitrogens with zero attached hydrogens (tertiary/aromatic N) is 1. The first-order valence-corrected chi connectivity index (χ1v) is 5.94. The zero-order valence-electron chi connectivity index (χ0n) is 5.30. The maximum Gasteiger partial charge on any atom is 0.363 e. The van der Waals surface area contributed by atoms with E-state index in [9.17, 15) is 4.57 Å². The van der Waals surface area contributed by atoms with Crippen LogP contribution in [0.25, 0.3) is 0 Å². The standard InChI is InChI=1S/C4H8Cl2NO2P/c5-1-2-7-3-4-9-10(7,6)8/h1-4H2. The number of hydrogen-bond acceptors (Lipinski definition) is 2. The zero-order chi connectivity index (χ0) is 7.61. The van der Waals surface area contributed by atoms with E-state index in [4.69, 9.17) is 27.4 Å². The molecule has 0 bridgehead atoms. The van der Waals surface area contributed by atoms with E-state index in [-0.39, 0.29) is 0 Å². The highest BCUT2D eigenvalue weighted by molar-refractivity contribution is 7.83. The molecule has 0 aromatic heterocycles. The Bertz CT molecular complexity index is 165. The third-order valence-corrected chi connectivity index (χ3v) is 3.96. The molecule has 1 unspecified atom stereocenters. The molecular formula is C4H8Cl2NO2P. The monoisotopic (exact) mass is 203 g/mol. The Kier molecular flexibility index (Phi) is 3.02. The predicted molar refractivity (Wildman–Crippen MR) is 41.7 cm³/mol. The van der Waals surface area contributed by atoms with Gasteiger partial charge in [0.1, 0.15) is 0 Å². The summed E-state index contributed by atoms with van der Waals surface area (Å²) >= 11 is 10.9. The van der Waals surface area contributed by atoms with Crippen molar-refractivity contribution < 1.29 is 9.09 Å². The normalized spacial score (nSPS) is 35.0. The van der Waals surface area contributed by atoms with Gasteiger partial charge in [0.15, 0.2) is 0 Å². The Balaban J connectivity index is 2.51. The highest BCUT2D eigenvalue weighted by atomic mass is 35.7. The van der Waals surface area contributed by atoms with Crippen molar-refractivity contribution in [3.63, 3.8) is 0 Å². The molecular weight excluding hydrogens is 196 g/mol. The number of halogens is 2. The van der Waals surface area contributed by atoms with Crippen LogP contribution in [0.2, 0.25) is 0 Å². The van der Waals surface area contributed by atoms with Gasteiger partial charge in [-0.05, 0) is 11.2 Å². The summed E-state index contributed by atoms with van der Waals surface area (Å²) in [5.41, 5.74) is 0. The fourth-order valence-electron chi connectivity index (χ4n) is 0.789. The van der Waals surface area contributed by atoms with Crippen molar-refractivity contribution in [1.82, 2.24) is 4.67 Å². The molecule has 1 saturated heterocycles. The molecule has 6 heteroatoms. The van der Waals surface area contributed by atoms with Crippen molar-refractivity contribution >= 4 is 29.7 Å². The summed E-state index contributed by atoms with van der Waals surface area (Å²) in [5, 5.41) is 0. The van der Waals surface area contributed by atoms with Crippen molar-refractivity contribution in [2.45, 2.75) is 0 Å². The van der Waals surface area contributed by atoms with Gasteiger partial charge in [-0.25, -0.2) is 4.67 Å². The summed E-state index contributed by atoms with van der Waals surface area (Å²) in [7, 11) is 0. The Hall–Kier alpha value is 0.730. The average Bonchev–Trinajstić information content (AvgIpc) is 2.13. The quantitative estimate of drug-likeness (QED) is 0.508. The van der Waals surface area contributed by atoms with E-state index in [0.717, 1.165) is 0 Å². The first-order chi connectivity index (χ1) is 4.67. The van der Waals surface area contributed by atoms with Gasteiger partial charge >= 0.3 is 6.87 Å². The van der Waals surface area contributed by atoms with E-state index >= 15 is 0 Å². The molecule has 0 N–H and O–H groups in total. The minimum absolute atomic E-state index is 0.431. The molecule has 0 saturated carbocycles. The Morgan fingerprint density at radius 2 is 2.40 bits per heavy atom. The second kappa shape index (κ2) is 3.42. The van der Waals surface area contributed by atoms with E-state index in [0.29, 0.717) is 25.6 Å². The average molecular weight is 204 g/mol. The van der Waals surface area contributed by atoms with Gasteiger partial charge in [0, 0.05) is 19.0 Å². The molecule has 0 aromatic carbocycles. The van der Waals surface area contributed by atoms with E-state index in [2.05, 4.69) is 0 Å². The SMILES string of the molecule is O=P1(Cl)OCCN1CCCl. The molecule has 1 aliphatic rings. The van der Waals surface area contributed by atoms with Gasteiger partial charge in [-0.1, -0.05) is 0 Å². The molecule has 0 spiro atoms. The Morgan fingerprint density at radius 3 is 2.80 bits per heavy atom. The second-order valence-corrected chi connectivity index (χ2v) is 5.31. The summed E-state index contributed by atoms with van der Waals surface area (Å²) < 4.78 is 17.5. The lowest BCUT2D eigenvalue weighted by Gasteiger charge is -2.14. The fourth-order valence-corrected chi connectivity index (χ4v) is 2.90. The lowest BCUT2D eigenvalue weighted by Crippen LogP contribution is -2.17. The molecule has 1 atom stereocenters. The fraction of sp³-hybridized carbons (Fsp3) is 1.00. The van der Waals surface area contributed by atoms with Gasteiger partial charge in [-0.2, -0.15) is 0 Å². The molecule has 1 rings (SSSR count). The predicted octanol–water partition coefficient (Wildman–Crippen LogP) is 1.90. The molecule has 0 aromatic rings. The van der Waals surface area contributed by atoms with Gasteiger partial charge < -0.3 is 4.52 Å². The highest BCUT2D eigenvalue weighted by Gasteiger charge is 2.34. The van der Waals surface area contributed by atoms with Gasteiger partial charge in [0.2, 0.25) is 0 Å². The third-order valence-electron chi connectivity index (χ3n) is 1.28. The van der Waals surface area contributed by atoms with Crippen LogP contribution in [0.1, 0.15) is 0 Å². The topological polar surface area (TPSA) is 29.5 Å². The van der Waals surface area contributed by atoms with Crippen molar-refractivity contribution in [3.8, 4) is 0 Å². The van der Waals surface area contributed by atoms with Crippen molar-refractivity contribution in [2.24, 2.45) is 0 Å². The molecule has 1 heterocycles. The molecule has 1 fully saturated rings. The Morgan fingerprint density at radius 1 is 1.70 bits per heavy atom. The first kappa shape index (κ1) is 8.82. The molecule has 60 valence electrons. The smallest absolute Gasteiger partial charge is 0.305 e. The van der Waals surface area contributed by atoms with Crippen LogP contribution in [0.15, 0.2) is 0 Å². The minimum atomic E-state index is -2.95. The van der Waals surface area contributed by atoms with Crippen molar-refractivity contribution in [3.05, 3.63) is 0 Å². The first-order valence-electron chi connectivity index (χ1n) is 2.92. The number of hydrogen-bond donors (Lipinski definition) is 0. The van der Waals surface area contributed by atoms with Gasteiger partial charge in [-0.15, -0.1) is 11.6 Å². The third kappa shape index (κ3) is 1.86. The molecule has 3 nitrogen and oxygen atoms in total. The summed E-state index contributed by atoms with van der Waals surface area (Å²) in [6.07, 6.45) is 0. The second-order valence-electron chi connectivity index (χ2n) is 1.93. The van der Waals surface area contributed by atoms with E-state index in [1.165, 1.54) is 0 Å². The van der Waals surface area contributed by atoms with Gasteiger partial charge in [0.05, 0.1) is 6.61 Å². The molecule has 10 heavy (non-hydrogen) atoms. The Labute approximate surface area is 69.5 Å². The van der Waals surface area contributed by atoms with E-state index in [1.54, 1.807) is 4.67 Å². The van der Waals surface area contributed by atoms with Crippen LogP contribution in [-0.2, 0) is 9.09 Å². The van der Waals surface area contributed by atoms with E-state index in [1.807, 2.05) is 0 Å². The van der Waals surface area contributed by atoms with E-state index < -0.39 is 6.87 Å². The molecule has 0 amide bonds. The highest BCUT2D eigenvalue weighted by Crippen LogP contribution is 2.58. The lowest BCUT2D eigenvalue weighted by molar-refractivity contribution is 0.369. The van der Waals surface area contributed by atoms with Crippen LogP contribution in [0, 0.1) is 0 Å². The van der Waals surface area contributed by atoms with Gasteiger partial charge in [-0.3, -0.25) is 4.57 Å². The lowest BCUT2D eigenvalue weighted by atomic mass is 10.6. The van der Waals surface area contributed by atoms with Gasteiger partial charge in [0.25, 0.3) is 0 Å². The summed E-state index contributed by atoms with van der Waals surface area (Å²) in [6.45, 7) is -1.36. The molecule has 0 radical (unpaired) electrons. The van der Waals surface area contributed by atoms with Crippen LogP contribution in [0.4, 0.5) is 0 Å².